The lowest BCUT2D eigenvalue weighted by Crippen LogP contribution is -2.53. The third-order valence-electron chi connectivity index (χ3n) is 3.09. The number of hydrogen-bond acceptors (Lipinski definition) is 4. The maximum Gasteiger partial charge on any atom is 0.191 e. The van der Waals surface area contributed by atoms with Gasteiger partial charge in [0.05, 0.1) is 5.69 Å². The minimum absolute atomic E-state index is 0.165. The summed E-state index contributed by atoms with van der Waals surface area (Å²) in [5.74, 6) is 1.15. The Morgan fingerprint density at radius 1 is 1.37 bits per heavy atom. The van der Waals surface area contributed by atoms with Crippen LogP contribution >= 0.6 is 0 Å². The summed E-state index contributed by atoms with van der Waals surface area (Å²) in [5, 5.41) is 0. The van der Waals surface area contributed by atoms with Crippen LogP contribution in [0.25, 0.3) is 0 Å². The number of aryl methyl sites for hydroxylation is 1. The van der Waals surface area contributed by atoms with Crippen molar-refractivity contribution in [2.24, 2.45) is 0 Å². The smallest absolute Gasteiger partial charge is 0.191 e. The highest BCUT2D eigenvalue weighted by atomic mass is 19.1. The number of halogens is 1. The van der Waals surface area contributed by atoms with Crippen LogP contribution in [-0.4, -0.2) is 29.1 Å². The van der Waals surface area contributed by atoms with Gasteiger partial charge in [0.25, 0.3) is 0 Å². The van der Waals surface area contributed by atoms with Gasteiger partial charge in [-0.05, 0) is 24.3 Å². The second kappa shape index (κ2) is 5.01. The second-order valence-corrected chi connectivity index (χ2v) is 4.75. The van der Waals surface area contributed by atoms with E-state index in [2.05, 4.69) is 9.88 Å². The van der Waals surface area contributed by atoms with Gasteiger partial charge in [0.2, 0.25) is 0 Å². The Hall–Kier alpha value is -1.88. The van der Waals surface area contributed by atoms with Gasteiger partial charge in [-0.2, -0.15) is 0 Å². The third-order valence-corrected chi connectivity index (χ3v) is 3.09. The van der Waals surface area contributed by atoms with Crippen LogP contribution in [0.3, 0.4) is 0 Å². The minimum Gasteiger partial charge on any atom is -0.488 e. The molecule has 0 bridgehead atoms. The molecular formula is C14H15FN2O2. The number of ether oxygens (including phenoxy) is 1. The van der Waals surface area contributed by atoms with E-state index in [4.69, 9.17) is 9.15 Å². The van der Waals surface area contributed by atoms with Crippen LogP contribution in [0.5, 0.6) is 5.75 Å². The molecule has 5 heteroatoms. The number of rotatable bonds is 4. The quantitative estimate of drug-likeness (QED) is 0.848. The van der Waals surface area contributed by atoms with Crippen LogP contribution in [0.2, 0.25) is 0 Å². The number of benzene rings is 1. The molecular weight excluding hydrogens is 247 g/mol. The molecule has 2 heterocycles. The second-order valence-electron chi connectivity index (χ2n) is 4.75. The van der Waals surface area contributed by atoms with Gasteiger partial charge >= 0.3 is 0 Å². The summed E-state index contributed by atoms with van der Waals surface area (Å²) in [6.45, 7) is 4.31. The number of nitrogens with zero attached hydrogens (tertiary/aromatic N) is 2. The van der Waals surface area contributed by atoms with Crippen molar-refractivity contribution in [1.29, 1.82) is 0 Å². The third kappa shape index (κ3) is 2.93. The van der Waals surface area contributed by atoms with Crippen molar-refractivity contribution < 1.29 is 13.5 Å². The normalized spacial score (nSPS) is 16.3. The SMILES string of the molecule is Cc1nc(CN2CC(Oc3ccc(F)cc3)C2)co1. The zero-order chi connectivity index (χ0) is 13.2. The molecule has 1 aliphatic heterocycles. The Kier molecular flexibility index (Phi) is 3.21. The van der Waals surface area contributed by atoms with Crippen molar-refractivity contribution in [3.05, 3.63) is 47.9 Å². The first kappa shape index (κ1) is 12.2. The summed E-state index contributed by atoms with van der Waals surface area (Å²) >= 11 is 0. The average molecular weight is 262 g/mol. The van der Waals surface area contributed by atoms with E-state index >= 15 is 0 Å². The lowest BCUT2D eigenvalue weighted by atomic mass is 10.1. The molecule has 0 saturated carbocycles. The van der Waals surface area contributed by atoms with Crippen molar-refractivity contribution in [1.82, 2.24) is 9.88 Å². The molecule has 3 rings (SSSR count). The predicted octanol–water partition coefficient (Wildman–Crippen LogP) is 2.39. The van der Waals surface area contributed by atoms with E-state index in [1.807, 2.05) is 6.92 Å². The van der Waals surface area contributed by atoms with Gasteiger partial charge in [-0.1, -0.05) is 0 Å². The van der Waals surface area contributed by atoms with Gasteiger partial charge in [0, 0.05) is 26.6 Å². The average Bonchev–Trinajstić information content (AvgIpc) is 2.75. The molecule has 0 radical (unpaired) electrons. The standard InChI is InChI=1S/C14H15FN2O2/c1-10-16-12(9-18-10)6-17-7-14(8-17)19-13-4-2-11(15)3-5-13/h2-5,9,14H,6-8H2,1H3. The highest BCUT2D eigenvalue weighted by Gasteiger charge is 2.28. The Bertz CT molecular complexity index is 547. The van der Waals surface area contributed by atoms with Crippen LogP contribution in [0.15, 0.2) is 34.9 Å². The van der Waals surface area contributed by atoms with Crippen LogP contribution in [-0.2, 0) is 6.54 Å². The van der Waals surface area contributed by atoms with Gasteiger partial charge in [-0.15, -0.1) is 0 Å². The summed E-state index contributed by atoms with van der Waals surface area (Å²) in [6, 6.07) is 6.12. The van der Waals surface area contributed by atoms with Crippen molar-refractivity contribution in [3.8, 4) is 5.75 Å². The molecule has 100 valence electrons. The van der Waals surface area contributed by atoms with Crippen molar-refractivity contribution >= 4 is 0 Å². The lowest BCUT2D eigenvalue weighted by Gasteiger charge is -2.38. The zero-order valence-electron chi connectivity index (χ0n) is 10.7. The molecule has 0 amide bonds. The summed E-state index contributed by atoms with van der Waals surface area (Å²) in [6.07, 6.45) is 1.85. The monoisotopic (exact) mass is 262 g/mol. The molecule has 1 aromatic heterocycles. The van der Waals surface area contributed by atoms with E-state index in [0.717, 1.165) is 25.3 Å². The number of oxazole rings is 1. The topological polar surface area (TPSA) is 38.5 Å². The van der Waals surface area contributed by atoms with Crippen molar-refractivity contribution in [2.75, 3.05) is 13.1 Å². The van der Waals surface area contributed by atoms with Gasteiger partial charge in [-0.3, -0.25) is 4.90 Å². The minimum atomic E-state index is -0.246. The Labute approximate surface area is 110 Å². The van der Waals surface area contributed by atoms with Crippen molar-refractivity contribution in [3.63, 3.8) is 0 Å². The largest absolute Gasteiger partial charge is 0.488 e. The van der Waals surface area contributed by atoms with E-state index < -0.39 is 0 Å². The fourth-order valence-corrected chi connectivity index (χ4v) is 2.14. The molecule has 1 aliphatic rings. The van der Waals surface area contributed by atoms with Crippen LogP contribution < -0.4 is 4.74 Å². The summed E-state index contributed by atoms with van der Waals surface area (Å²) in [4.78, 5) is 6.49. The molecule has 0 atom stereocenters. The van der Waals surface area contributed by atoms with E-state index in [0.29, 0.717) is 11.6 Å². The van der Waals surface area contributed by atoms with E-state index in [-0.39, 0.29) is 11.9 Å². The molecule has 19 heavy (non-hydrogen) atoms. The molecule has 2 aromatic rings. The fraction of sp³-hybridized carbons (Fsp3) is 0.357. The number of aromatic nitrogens is 1. The van der Waals surface area contributed by atoms with E-state index in [1.165, 1.54) is 12.1 Å². The van der Waals surface area contributed by atoms with Crippen LogP contribution in [0, 0.1) is 12.7 Å². The van der Waals surface area contributed by atoms with Crippen LogP contribution in [0.1, 0.15) is 11.6 Å². The predicted molar refractivity (Wildman–Crippen MR) is 67.3 cm³/mol. The first-order chi connectivity index (χ1) is 9.19. The summed E-state index contributed by atoms with van der Waals surface area (Å²) in [7, 11) is 0. The highest BCUT2D eigenvalue weighted by Crippen LogP contribution is 2.19. The number of likely N-dealkylation sites (tertiary alicyclic amines) is 1. The molecule has 0 aliphatic carbocycles. The van der Waals surface area contributed by atoms with Gasteiger partial charge < -0.3 is 9.15 Å². The van der Waals surface area contributed by atoms with Gasteiger partial charge in [0.1, 0.15) is 23.9 Å². The molecule has 0 N–H and O–H groups in total. The molecule has 1 aromatic carbocycles. The summed E-state index contributed by atoms with van der Waals surface area (Å²) in [5.41, 5.74) is 0.942. The maximum absolute atomic E-state index is 12.7. The molecule has 4 nitrogen and oxygen atoms in total. The summed E-state index contributed by atoms with van der Waals surface area (Å²) < 4.78 is 23.6. The Morgan fingerprint density at radius 3 is 2.74 bits per heavy atom. The lowest BCUT2D eigenvalue weighted by molar-refractivity contribution is 0.0137. The highest BCUT2D eigenvalue weighted by molar-refractivity contribution is 5.22. The maximum atomic E-state index is 12.7. The molecule has 0 unspecified atom stereocenters. The zero-order valence-corrected chi connectivity index (χ0v) is 10.7. The van der Waals surface area contributed by atoms with Gasteiger partial charge in [-0.25, -0.2) is 9.37 Å². The molecule has 1 fully saturated rings. The van der Waals surface area contributed by atoms with E-state index in [1.54, 1.807) is 18.4 Å². The first-order valence-electron chi connectivity index (χ1n) is 6.24. The number of hydrogen-bond donors (Lipinski definition) is 0. The van der Waals surface area contributed by atoms with E-state index in [9.17, 15) is 4.39 Å². The molecule has 1 saturated heterocycles. The van der Waals surface area contributed by atoms with Crippen LogP contribution in [0.4, 0.5) is 4.39 Å². The molecule has 0 spiro atoms. The Balaban J connectivity index is 1.46. The van der Waals surface area contributed by atoms with Gasteiger partial charge in [0.15, 0.2) is 5.89 Å². The fourth-order valence-electron chi connectivity index (χ4n) is 2.14. The Morgan fingerprint density at radius 2 is 2.11 bits per heavy atom. The first-order valence-corrected chi connectivity index (χ1v) is 6.24. The van der Waals surface area contributed by atoms with Crippen molar-refractivity contribution in [2.45, 2.75) is 19.6 Å².